The first-order valence-electron chi connectivity index (χ1n) is 3.88. The highest BCUT2D eigenvalue weighted by Gasteiger charge is 2.19. The van der Waals surface area contributed by atoms with Gasteiger partial charge in [-0.25, -0.2) is 4.39 Å². The maximum atomic E-state index is 12.2. The molecular weight excluding hydrogens is 127 g/mol. The third-order valence-electron chi connectivity index (χ3n) is 2.27. The lowest BCUT2D eigenvalue weighted by Gasteiger charge is -2.24. The van der Waals surface area contributed by atoms with E-state index in [1.54, 1.807) is 0 Å². The second-order valence-corrected chi connectivity index (χ2v) is 3.23. The van der Waals surface area contributed by atoms with Crippen molar-refractivity contribution in [3.8, 4) is 0 Å². The summed E-state index contributed by atoms with van der Waals surface area (Å²) in [6, 6.07) is 0. The Labute approximate surface area is 63.1 Å². The van der Waals surface area contributed by atoms with Crippen molar-refractivity contribution in [1.82, 2.24) is 0 Å². The minimum absolute atomic E-state index is 0.0451. The van der Waals surface area contributed by atoms with Crippen LogP contribution in [0.1, 0.15) is 40.5 Å². The zero-order valence-electron chi connectivity index (χ0n) is 7.37. The molecule has 0 amide bonds. The Bertz CT molecular complexity index is 123. The lowest BCUT2D eigenvalue weighted by Crippen LogP contribution is -2.12. The van der Waals surface area contributed by atoms with Crippen LogP contribution in [0, 0.1) is 5.41 Å². The smallest absolute Gasteiger partial charge is 0.0864 e. The fourth-order valence-electron chi connectivity index (χ4n) is 0.930. The molecule has 0 aliphatic rings. The molecule has 0 unspecified atom stereocenters. The van der Waals surface area contributed by atoms with Crippen LogP contribution in [0.15, 0.2) is 11.9 Å². The molecule has 0 bridgehead atoms. The standard InChI is InChI=1S/C9H17F/c1-5-8(7-10)9(3,4)6-2/h7H,5-6H2,1-4H3/b8-7+. The van der Waals surface area contributed by atoms with Crippen LogP contribution in [0.4, 0.5) is 4.39 Å². The molecule has 0 spiro atoms. The second kappa shape index (κ2) is 3.75. The fraction of sp³-hybridized carbons (Fsp3) is 0.778. The summed E-state index contributed by atoms with van der Waals surface area (Å²) in [4.78, 5) is 0. The summed E-state index contributed by atoms with van der Waals surface area (Å²) in [5.41, 5.74) is 0.957. The van der Waals surface area contributed by atoms with Crippen LogP contribution < -0.4 is 0 Å². The third-order valence-corrected chi connectivity index (χ3v) is 2.27. The summed E-state index contributed by atoms with van der Waals surface area (Å²) < 4.78 is 12.2. The summed E-state index contributed by atoms with van der Waals surface area (Å²) in [5.74, 6) is 0. The highest BCUT2D eigenvalue weighted by atomic mass is 19.1. The van der Waals surface area contributed by atoms with Gasteiger partial charge in [0.2, 0.25) is 0 Å². The molecule has 10 heavy (non-hydrogen) atoms. The predicted molar refractivity (Wildman–Crippen MR) is 43.6 cm³/mol. The van der Waals surface area contributed by atoms with Gasteiger partial charge < -0.3 is 0 Å². The van der Waals surface area contributed by atoms with Crippen molar-refractivity contribution in [3.63, 3.8) is 0 Å². The van der Waals surface area contributed by atoms with Gasteiger partial charge >= 0.3 is 0 Å². The molecule has 0 rings (SSSR count). The average molecular weight is 144 g/mol. The monoisotopic (exact) mass is 144 g/mol. The van der Waals surface area contributed by atoms with Crippen LogP contribution in [0.25, 0.3) is 0 Å². The lowest BCUT2D eigenvalue weighted by molar-refractivity contribution is 0.407. The van der Waals surface area contributed by atoms with Crippen molar-refractivity contribution >= 4 is 0 Å². The van der Waals surface area contributed by atoms with Crippen LogP contribution in [-0.4, -0.2) is 0 Å². The Kier molecular flexibility index (Phi) is 3.62. The molecule has 0 aromatic rings. The van der Waals surface area contributed by atoms with E-state index in [-0.39, 0.29) is 5.41 Å². The molecule has 0 nitrogen and oxygen atoms in total. The fourth-order valence-corrected chi connectivity index (χ4v) is 0.930. The maximum absolute atomic E-state index is 12.2. The first-order chi connectivity index (χ1) is 4.58. The van der Waals surface area contributed by atoms with Crippen molar-refractivity contribution in [2.45, 2.75) is 40.5 Å². The number of hydrogen-bond acceptors (Lipinski definition) is 0. The van der Waals surface area contributed by atoms with E-state index in [4.69, 9.17) is 0 Å². The highest BCUT2D eigenvalue weighted by Crippen LogP contribution is 2.31. The predicted octanol–water partition coefficient (Wildman–Crippen LogP) is 3.69. The van der Waals surface area contributed by atoms with Crippen LogP contribution in [0.3, 0.4) is 0 Å². The molecule has 0 saturated heterocycles. The summed E-state index contributed by atoms with van der Waals surface area (Å²) in [7, 11) is 0. The molecule has 0 aromatic heterocycles. The zero-order valence-corrected chi connectivity index (χ0v) is 7.37. The summed E-state index contributed by atoms with van der Waals surface area (Å²) in [6.07, 6.45) is 2.57. The molecule has 1 heteroatoms. The first kappa shape index (κ1) is 9.67. The molecule has 0 aliphatic heterocycles. The molecule has 0 radical (unpaired) electrons. The van der Waals surface area contributed by atoms with Crippen LogP contribution >= 0.6 is 0 Å². The van der Waals surface area contributed by atoms with Gasteiger partial charge in [-0.15, -0.1) is 0 Å². The highest BCUT2D eigenvalue weighted by molar-refractivity contribution is 5.07. The van der Waals surface area contributed by atoms with E-state index >= 15 is 0 Å². The van der Waals surface area contributed by atoms with Gasteiger partial charge in [0.05, 0.1) is 6.33 Å². The Hall–Kier alpha value is -0.330. The summed E-state index contributed by atoms with van der Waals surface area (Å²) in [5, 5.41) is 0. The first-order valence-corrected chi connectivity index (χ1v) is 3.88. The molecule has 0 fully saturated rings. The SMILES string of the molecule is CC/C(=C\F)C(C)(C)CC. The van der Waals surface area contributed by atoms with Crippen LogP contribution in [0.5, 0.6) is 0 Å². The molecule has 0 aliphatic carbocycles. The van der Waals surface area contributed by atoms with Gasteiger partial charge in [0.1, 0.15) is 0 Å². The second-order valence-electron chi connectivity index (χ2n) is 3.23. The van der Waals surface area contributed by atoms with Crippen molar-refractivity contribution < 1.29 is 4.39 Å². The quantitative estimate of drug-likeness (QED) is 0.566. The van der Waals surface area contributed by atoms with Crippen molar-refractivity contribution in [1.29, 1.82) is 0 Å². The molecule has 0 atom stereocenters. The minimum atomic E-state index is 0.0451. The van der Waals surface area contributed by atoms with Gasteiger partial charge in [-0.2, -0.15) is 0 Å². The van der Waals surface area contributed by atoms with Gasteiger partial charge in [0, 0.05) is 0 Å². The van der Waals surface area contributed by atoms with Crippen molar-refractivity contribution in [3.05, 3.63) is 11.9 Å². The van der Waals surface area contributed by atoms with Crippen molar-refractivity contribution in [2.75, 3.05) is 0 Å². The molecule has 0 saturated carbocycles. The lowest BCUT2D eigenvalue weighted by atomic mass is 9.81. The normalized spacial score (nSPS) is 13.9. The molecule has 0 heterocycles. The maximum Gasteiger partial charge on any atom is 0.0864 e. The zero-order chi connectivity index (χ0) is 8.20. The molecule has 0 N–H and O–H groups in total. The third kappa shape index (κ3) is 2.13. The Morgan fingerprint density at radius 2 is 1.90 bits per heavy atom. The Balaban J connectivity index is 4.28. The van der Waals surface area contributed by atoms with Crippen LogP contribution in [0.2, 0.25) is 0 Å². The van der Waals surface area contributed by atoms with Gasteiger partial charge in [0.15, 0.2) is 0 Å². The summed E-state index contributed by atoms with van der Waals surface area (Å²) >= 11 is 0. The van der Waals surface area contributed by atoms with E-state index in [9.17, 15) is 4.39 Å². The molecular formula is C9H17F. The van der Waals surface area contributed by atoms with E-state index in [1.807, 2.05) is 6.92 Å². The number of rotatable bonds is 3. The van der Waals surface area contributed by atoms with Crippen molar-refractivity contribution in [2.24, 2.45) is 5.41 Å². The van der Waals surface area contributed by atoms with E-state index in [1.165, 1.54) is 0 Å². The van der Waals surface area contributed by atoms with E-state index in [0.29, 0.717) is 0 Å². The van der Waals surface area contributed by atoms with Gasteiger partial charge in [0.25, 0.3) is 0 Å². The van der Waals surface area contributed by atoms with E-state index < -0.39 is 0 Å². The largest absolute Gasteiger partial charge is 0.216 e. The number of halogens is 1. The Morgan fingerprint density at radius 3 is 2.00 bits per heavy atom. The topological polar surface area (TPSA) is 0 Å². The average Bonchev–Trinajstić information content (AvgIpc) is 1.90. The summed E-state index contributed by atoms with van der Waals surface area (Å²) in [6.45, 7) is 8.21. The number of allylic oxidation sites excluding steroid dienone is 1. The minimum Gasteiger partial charge on any atom is -0.216 e. The van der Waals surface area contributed by atoms with Gasteiger partial charge in [-0.05, 0) is 23.8 Å². The Morgan fingerprint density at radius 1 is 1.40 bits per heavy atom. The van der Waals surface area contributed by atoms with E-state index in [2.05, 4.69) is 20.8 Å². The van der Waals surface area contributed by atoms with Gasteiger partial charge in [-0.1, -0.05) is 27.7 Å². The molecule has 60 valence electrons. The van der Waals surface area contributed by atoms with E-state index in [0.717, 1.165) is 24.7 Å². The van der Waals surface area contributed by atoms with Crippen LogP contribution in [-0.2, 0) is 0 Å². The number of hydrogen-bond donors (Lipinski definition) is 0. The van der Waals surface area contributed by atoms with Gasteiger partial charge in [-0.3, -0.25) is 0 Å². The molecule has 0 aromatic carbocycles.